The highest BCUT2D eigenvalue weighted by Crippen LogP contribution is 2.25. The second-order valence-corrected chi connectivity index (χ2v) is 7.81. The zero-order chi connectivity index (χ0) is 17.8. The molecule has 0 saturated carbocycles. The SMILES string of the molecule is CCCC(N)C(=O)N1CCC(N(CC(F)(F)F)S(C)(=O)=O)CC1. The summed E-state index contributed by atoms with van der Waals surface area (Å²) in [5, 5.41) is 0. The average Bonchev–Trinajstić information content (AvgIpc) is 2.42. The molecule has 0 spiro atoms. The molecule has 0 bridgehead atoms. The van der Waals surface area contributed by atoms with E-state index >= 15 is 0 Å². The van der Waals surface area contributed by atoms with Crippen LogP contribution in [0, 0.1) is 0 Å². The third kappa shape index (κ3) is 6.27. The molecule has 0 aromatic heterocycles. The van der Waals surface area contributed by atoms with Crippen LogP contribution in [0.5, 0.6) is 0 Å². The second-order valence-electron chi connectivity index (χ2n) is 5.88. The number of carbonyl (C=O) groups excluding carboxylic acids is 1. The van der Waals surface area contributed by atoms with E-state index in [4.69, 9.17) is 5.73 Å². The molecule has 6 nitrogen and oxygen atoms in total. The predicted octanol–water partition coefficient (Wildman–Crippen LogP) is 0.929. The van der Waals surface area contributed by atoms with Gasteiger partial charge in [-0.25, -0.2) is 8.42 Å². The van der Waals surface area contributed by atoms with Gasteiger partial charge in [-0.3, -0.25) is 4.79 Å². The van der Waals surface area contributed by atoms with Gasteiger partial charge in [-0.2, -0.15) is 17.5 Å². The quantitative estimate of drug-likeness (QED) is 0.765. The molecular formula is C13H24F3N3O3S. The van der Waals surface area contributed by atoms with E-state index < -0.39 is 34.8 Å². The number of alkyl halides is 3. The van der Waals surface area contributed by atoms with E-state index in [9.17, 15) is 26.4 Å². The molecule has 23 heavy (non-hydrogen) atoms. The molecule has 1 saturated heterocycles. The molecule has 1 aliphatic heterocycles. The van der Waals surface area contributed by atoms with Crippen LogP contribution in [0.4, 0.5) is 13.2 Å². The number of hydrogen-bond acceptors (Lipinski definition) is 4. The highest BCUT2D eigenvalue weighted by atomic mass is 32.2. The summed E-state index contributed by atoms with van der Waals surface area (Å²) in [7, 11) is -3.98. The molecule has 1 fully saturated rings. The van der Waals surface area contributed by atoms with Gasteiger partial charge in [0, 0.05) is 19.1 Å². The van der Waals surface area contributed by atoms with Gasteiger partial charge in [0.25, 0.3) is 0 Å². The Morgan fingerprint density at radius 2 is 1.87 bits per heavy atom. The lowest BCUT2D eigenvalue weighted by Crippen LogP contribution is -2.53. The molecule has 0 aromatic carbocycles. The van der Waals surface area contributed by atoms with Gasteiger partial charge in [0.2, 0.25) is 15.9 Å². The first kappa shape index (κ1) is 20.2. The average molecular weight is 359 g/mol. The van der Waals surface area contributed by atoms with E-state index in [2.05, 4.69) is 0 Å². The molecule has 0 aliphatic carbocycles. The van der Waals surface area contributed by atoms with E-state index in [0.29, 0.717) is 10.7 Å². The highest BCUT2D eigenvalue weighted by molar-refractivity contribution is 7.88. The molecule has 1 atom stereocenters. The van der Waals surface area contributed by atoms with E-state index in [1.54, 1.807) is 0 Å². The summed E-state index contributed by atoms with van der Waals surface area (Å²) < 4.78 is 61.6. The Balaban J connectivity index is 2.70. The molecule has 0 aromatic rings. The topological polar surface area (TPSA) is 83.7 Å². The summed E-state index contributed by atoms with van der Waals surface area (Å²) in [4.78, 5) is 13.6. The van der Waals surface area contributed by atoms with Gasteiger partial charge in [0.1, 0.15) is 6.54 Å². The minimum atomic E-state index is -4.60. The summed E-state index contributed by atoms with van der Waals surface area (Å²) >= 11 is 0. The van der Waals surface area contributed by atoms with E-state index in [-0.39, 0.29) is 31.8 Å². The molecule has 0 radical (unpaired) electrons. The third-order valence-electron chi connectivity index (χ3n) is 3.86. The maximum Gasteiger partial charge on any atom is 0.402 e. The van der Waals surface area contributed by atoms with E-state index in [0.717, 1.165) is 12.7 Å². The Morgan fingerprint density at radius 3 is 2.26 bits per heavy atom. The van der Waals surface area contributed by atoms with Crippen LogP contribution in [0.15, 0.2) is 0 Å². The predicted molar refractivity (Wildman–Crippen MR) is 80.1 cm³/mol. The number of sulfonamides is 1. The molecule has 2 N–H and O–H groups in total. The monoisotopic (exact) mass is 359 g/mol. The van der Waals surface area contributed by atoms with Crippen LogP contribution in [0.25, 0.3) is 0 Å². The summed E-state index contributed by atoms with van der Waals surface area (Å²) in [6.45, 7) is 0.829. The Hall–Kier alpha value is -0.870. The van der Waals surface area contributed by atoms with Crippen molar-refractivity contribution in [1.82, 2.24) is 9.21 Å². The largest absolute Gasteiger partial charge is 0.402 e. The van der Waals surface area contributed by atoms with Crippen LogP contribution in [0.3, 0.4) is 0 Å². The molecule has 1 heterocycles. The van der Waals surface area contributed by atoms with Crippen LogP contribution in [-0.2, 0) is 14.8 Å². The Morgan fingerprint density at radius 1 is 1.35 bits per heavy atom. The van der Waals surface area contributed by atoms with Crippen molar-refractivity contribution < 1.29 is 26.4 Å². The number of nitrogens with two attached hydrogens (primary N) is 1. The molecule has 1 rings (SSSR count). The van der Waals surface area contributed by atoms with Gasteiger partial charge < -0.3 is 10.6 Å². The molecular weight excluding hydrogens is 335 g/mol. The number of halogens is 3. The minimum absolute atomic E-state index is 0.174. The second kappa shape index (κ2) is 7.80. The van der Waals surface area contributed by atoms with Gasteiger partial charge in [0.15, 0.2) is 0 Å². The van der Waals surface area contributed by atoms with Crippen molar-refractivity contribution in [2.24, 2.45) is 5.73 Å². The number of piperidine rings is 1. The summed E-state index contributed by atoms with van der Waals surface area (Å²) in [5.41, 5.74) is 5.76. The Labute approximate surface area is 134 Å². The van der Waals surface area contributed by atoms with Crippen molar-refractivity contribution in [1.29, 1.82) is 0 Å². The van der Waals surface area contributed by atoms with Gasteiger partial charge in [-0.05, 0) is 19.3 Å². The van der Waals surface area contributed by atoms with Crippen LogP contribution < -0.4 is 5.73 Å². The molecule has 1 amide bonds. The van der Waals surface area contributed by atoms with Crippen LogP contribution >= 0.6 is 0 Å². The third-order valence-corrected chi connectivity index (χ3v) is 5.14. The first-order chi connectivity index (χ1) is 10.5. The standard InChI is InChI=1S/C13H24F3N3O3S/c1-3-4-11(17)12(20)18-7-5-10(6-8-18)19(23(2,21)22)9-13(14,15)16/h10-11H,3-9,17H2,1-2H3. The summed E-state index contributed by atoms with van der Waals surface area (Å²) in [6.07, 6.45) is -2.17. The number of likely N-dealkylation sites (tertiary alicyclic amines) is 1. The lowest BCUT2D eigenvalue weighted by molar-refractivity contribution is -0.143. The molecule has 136 valence electrons. The van der Waals surface area contributed by atoms with Crippen molar-refractivity contribution in [2.75, 3.05) is 25.9 Å². The maximum absolute atomic E-state index is 12.6. The van der Waals surface area contributed by atoms with Crippen molar-refractivity contribution in [2.45, 2.75) is 50.9 Å². The molecule has 1 aliphatic rings. The lowest BCUT2D eigenvalue weighted by atomic mass is 10.0. The van der Waals surface area contributed by atoms with Crippen LogP contribution in [-0.4, -0.2) is 67.7 Å². The van der Waals surface area contributed by atoms with E-state index in [1.807, 2.05) is 6.92 Å². The smallest absolute Gasteiger partial charge is 0.341 e. The normalized spacial score (nSPS) is 19.2. The number of nitrogens with zero attached hydrogens (tertiary/aromatic N) is 2. The minimum Gasteiger partial charge on any atom is -0.341 e. The van der Waals surface area contributed by atoms with Gasteiger partial charge in [-0.1, -0.05) is 13.3 Å². The Bertz CT molecular complexity index is 502. The fourth-order valence-corrected chi connectivity index (χ4v) is 3.87. The number of carbonyl (C=O) groups is 1. The molecule has 1 unspecified atom stereocenters. The molecule has 10 heteroatoms. The van der Waals surface area contributed by atoms with Crippen LogP contribution in [0.2, 0.25) is 0 Å². The summed E-state index contributed by atoms with van der Waals surface area (Å²) in [6, 6.07) is -1.36. The Kier molecular flexibility index (Phi) is 6.84. The maximum atomic E-state index is 12.6. The lowest BCUT2D eigenvalue weighted by Gasteiger charge is -2.38. The van der Waals surface area contributed by atoms with Crippen molar-refractivity contribution in [3.63, 3.8) is 0 Å². The fourth-order valence-electron chi connectivity index (χ4n) is 2.74. The zero-order valence-corrected chi connectivity index (χ0v) is 14.2. The van der Waals surface area contributed by atoms with Crippen LogP contribution in [0.1, 0.15) is 32.6 Å². The first-order valence-corrected chi connectivity index (χ1v) is 9.38. The van der Waals surface area contributed by atoms with Crippen molar-refractivity contribution in [3.8, 4) is 0 Å². The summed E-state index contributed by atoms with van der Waals surface area (Å²) in [5.74, 6) is -0.230. The zero-order valence-electron chi connectivity index (χ0n) is 13.3. The van der Waals surface area contributed by atoms with Crippen molar-refractivity contribution in [3.05, 3.63) is 0 Å². The fraction of sp³-hybridized carbons (Fsp3) is 0.923. The van der Waals surface area contributed by atoms with Gasteiger partial charge >= 0.3 is 6.18 Å². The van der Waals surface area contributed by atoms with E-state index in [1.165, 1.54) is 4.90 Å². The van der Waals surface area contributed by atoms with Crippen molar-refractivity contribution >= 4 is 15.9 Å². The van der Waals surface area contributed by atoms with Gasteiger partial charge in [0.05, 0.1) is 12.3 Å². The highest BCUT2D eigenvalue weighted by Gasteiger charge is 2.40. The number of hydrogen-bond donors (Lipinski definition) is 1. The number of rotatable bonds is 6. The first-order valence-electron chi connectivity index (χ1n) is 7.53. The number of amides is 1. The van der Waals surface area contributed by atoms with Gasteiger partial charge in [-0.15, -0.1) is 0 Å².